The van der Waals surface area contributed by atoms with Crippen molar-refractivity contribution < 1.29 is 9.59 Å². The fraction of sp³-hybridized carbons (Fsp3) is 0.333. The molecule has 1 aromatic carbocycles. The molecule has 0 unspecified atom stereocenters. The van der Waals surface area contributed by atoms with Crippen molar-refractivity contribution in [3.8, 4) is 0 Å². The number of nitrogens with one attached hydrogen (secondary N) is 2. The van der Waals surface area contributed by atoms with E-state index in [4.69, 9.17) is 0 Å². The minimum Gasteiger partial charge on any atom is -0.370 e. The molecule has 2 rings (SSSR count). The Morgan fingerprint density at radius 1 is 1.17 bits per heavy atom. The van der Waals surface area contributed by atoms with Gasteiger partial charge >= 0.3 is 0 Å². The van der Waals surface area contributed by atoms with Crippen LogP contribution in [0, 0.1) is 5.92 Å². The van der Waals surface area contributed by atoms with Crippen molar-refractivity contribution in [3.63, 3.8) is 0 Å². The van der Waals surface area contributed by atoms with E-state index in [-0.39, 0.29) is 17.4 Å². The van der Waals surface area contributed by atoms with Crippen LogP contribution in [0.2, 0.25) is 0 Å². The number of ketones is 1. The molecule has 2 N–H and O–H groups in total. The average molecular weight is 326 g/mol. The molecule has 0 fully saturated rings. The maximum Gasteiger partial charge on any atom is 0.274 e. The van der Waals surface area contributed by atoms with E-state index in [9.17, 15) is 9.59 Å². The molecule has 0 aliphatic rings. The number of anilines is 2. The van der Waals surface area contributed by atoms with Crippen LogP contribution in [-0.4, -0.2) is 28.2 Å². The molecular formula is C18H22N4O2. The molecule has 0 radical (unpaired) electrons. The Morgan fingerprint density at radius 2 is 1.96 bits per heavy atom. The van der Waals surface area contributed by atoms with Gasteiger partial charge in [-0.05, 0) is 31.4 Å². The van der Waals surface area contributed by atoms with Crippen LogP contribution in [-0.2, 0) is 0 Å². The summed E-state index contributed by atoms with van der Waals surface area (Å²) >= 11 is 0. The molecule has 24 heavy (non-hydrogen) atoms. The van der Waals surface area contributed by atoms with Crippen LogP contribution >= 0.6 is 0 Å². The molecule has 0 spiro atoms. The summed E-state index contributed by atoms with van der Waals surface area (Å²) in [5.41, 5.74) is 1.37. The normalized spacial score (nSPS) is 10.5. The van der Waals surface area contributed by atoms with Crippen LogP contribution in [0.1, 0.15) is 48.0 Å². The second-order valence-electron chi connectivity index (χ2n) is 5.99. The maximum atomic E-state index is 12.3. The van der Waals surface area contributed by atoms with Gasteiger partial charge in [-0.2, -0.15) is 0 Å². The summed E-state index contributed by atoms with van der Waals surface area (Å²) in [6.45, 7) is 6.57. The van der Waals surface area contributed by atoms with Crippen LogP contribution in [0.25, 0.3) is 0 Å². The lowest BCUT2D eigenvalue weighted by atomic mass is 10.1. The summed E-state index contributed by atoms with van der Waals surface area (Å²) in [4.78, 5) is 31.8. The van der Waals surface area contributed by atoms with Gasteiger partial charge in [0.1, 0.15) is 17.8 Å². The predicted molar refractivity (Wildman–Crippen MR) is 94.4 cm³/mol. The smallest absolute Gasteiger partial charge is 0.274 e. The first-order valence-corrected chi connectivity index (χ1v) is 7.94. The molecule has 0 aliphatic heterocycles. The van der Waals surface area contributed by atoms with Crippen LogP contribution in [0.3, 0.4) is 0 Å². The molecule has 1 amide bonds. The Kier molecular flexibility index (Phi) is 6.01. The van der Waals surface area contributed by atoms with Gasteiger partial charge in [0.15, 0.2) is 5.78 Å². The first-order valence-electron chi connectivity index (χ1n) is 7.94. The topological polar surface area (TPSA) is 84.0 Å². The number of hydrogen-bond donors (Lipinski definition) is 2. The van der Waals surface area contributed by atoms with Gasteiger partial charge in [-0.3, -0.25) is 9.59 Å². The second-order valence-corrected chi connectivity index (χ2v) is 5.99. The zero-order chi connectivity index (χ0) is 17.5. The first-order chi connectivity index (χ1) is 11.5. The van der Waals surface area contributed by atoms with E-state index in [0.29, 0.717) is 23.0 Å². The molecule has 0 saturated heterocycles. The minimum atomic E-state index is -0.343. The number of benzene rings is 1. The lowest BCUT2D eigenvalue weighted by Crippen LogP contribution is -2.15. The monoisotopic (exact) mass is 326 g/mol. The van der Waals surface area contributed by atoms with Crippen molar-refractivity contribution in [1.29, 1.82) is 0 Å². The molecule has 126 valence electrons. The Hall–Kier alpha value is -2.76. The Bertz CT molecular complexity index is 728. The second kappa shape index (κ2) is 8.19. The van der Waals surface area contributed by atoms with Crippen molar-refractivity contribution in [1.82, 2.24) is 9.97 Å². The lowest BCUT2D eigenvalue weighted by molar-refractivity contribution is 0.100. The number of aromatic nitrogens is 2. The highest BCUT2D eigenvalue weighted by Gasteiger charge is 2.10. The highest BCUT2D eigenvalue weighted by Crippen LogP contribution is 2.13. The number of amides is 1. The zero-order valence-electron chi connectivity index (χ0n) is 14.2. The SMILES string of the molecule is CC(=O)c1cccc(NC(=O)c2cc(NCCC(C)C)ncn2)c1. The Balaban J connectivity index is 2.04. The molecule has 0 saturated carbocycles. The number of carbonyl (C=O) groups excluding carboxylic acids is 2. The quantitative estimate of drug-likeness (QED) is 0.762. The fourth-order valence-corrected chi connectivity index (χ4v) is 2.08. The summed E-state index contributed by atoms with van der Waals surface area (Å²) in [5, 5.41) is 5.93. The van der Waals surface area contributed by atoms with Gasteiger partial charge in [0, 0.05) is 23.9 Å². The maximum absolute atomic E-state index is 12.3. The third-order valence-corrected chi connectivity index (χ3v) is 3.45. The van der Waals surface area contributed by atoms with Gasteiger partial charge < -0.3 is 10.6 Å². The highest BCUT2D eigenvalue weighted by molar-refractivity contribution is 6.04. The number of Topliss-reactive ketones (excluding diaryl/α,β-unsaturated/α-hetero) is 1. The van der Waals surface area contributed by atoms with Gasteiger partial charge in [-0.15, -0.1) is 0 Å². The van der Waals surface area contributed by atoms with E-state index in [0.717, 1.165) is 13.0 Å². The van der Waals surface area contributed by atoms with Crippen molar-refractivity contribution in [3.05, 3.63) is 47.9 Å². The third kappa shape index (κ3) is 5.15. The first kappa shape index (κ1) is 17.6. The van der Waals surface area contributed by atoms with Crippen molar-refractivity contribution in [2.75, 3.05) is 17.2 Å². The predicted octanol–water partition coefficient (Wildman–Crippen LogP) is 3.39. The molecule has 1 heterocycles. The van der Waals surface area contributed by atoms with Gasteiger partial charge in [0.05, 0.1) is 0 Å². The van der Waals surface area contributed by atoms with E-state index in [1.807, 2.05) is 0 Å². The van der Waals surface area contributed by atoms with Crippen LogP contribution in [0.4, 0.5) is 11.5 Å². The zero-order valence-corrected chi connectivity index (χ0v) is 14.2. The van der Waals surface area contributed by atoms with E-state index in [2.05, 4.69) is 34.4 Å². The summed E-state index contributed by atoms with van der Waals surface area (Å²) in [6.07, 6.45) is 2.38. The lowest BCUT2D eigenvalue weighted by Gasteiger charge is -2.09. The van der Waals surface area contributed by atoms with Crippen molar-refractivity contribution >= 4 is 23.2 Å². The average Bonchev–Trinajstić information content (AvgIpc) is 2.55. The Labute approximate surface area is 141 Å². The van der Waals surface area contributed by atoms with Gasteiger partial charge in [-0.1, -0.05) is 26.0 Å². The van der Waals surface area contributed by atoms with E-state index < -0.39 is 0 Å². The summed E-state index contributed by atoms with van der Waals surface area (Å²) in [5.74, 6) is 0.818. The molecule has 1 aromatic heterocycles. The fourth-order valence-electron chi connectivity index (χ4n) is 2.08. The molecule has 0 atom stereocenters. The number of nitrogens with zero attached hydrogens (tertiary/aromatic N) is 2. The number of hydrogen-bond acceptors (Lipinski definition) is 5. The van der Waals surface area contributed by atoms with Gasteiger partial charge in [0.25, 0.3) is 5.91 Å². The molecule has 0 aliphatic carbocycles. The Morgan fingerprint density at radius 3 is 2.67 bits per heavy atom. The number of carbonyl (C=O) groups is 2. The standard InChI is InChI=1S/C18H22N4O2/c1-12(2)7-8-19-17-10-16(20-11-21-17)18(24)22-15-6-4-5-14(9-15)13(3)23/h4-6,9-12H,7-8H2,1-3H3,(H,22,24)(H,19,20,21). The van der Waals surface area contributed by atoms with Gasteiger partial charge in [-0.25, -0.2) is 9.97 Å². The minimum absolute atomic E-state index is 0.0511. The van der Waals surface area contributed by atoms with Crippen LogP contribution < -0.4 is 10.6 Å². The van der Waals surface area contributed by atoms with E-state index >= 15 is 0 Å². The molecule has 0 bridgehead atoms. The summed E-state index contributed by atoms with van der Waals surface area (Å²) in [6, 6.07) is 8.42. The van der Waals surface area contributed by atoms with Crippen molar-refractivity contribution in [2.45, 2.75) is 27.2 Å². The summed E-state index contributed by atoms with van der Waals surface area (Å²) in [7, 11) is 0. The molecule has 2 aromatic rings. The van der Waals surface area contributed by atoms with Gasteiger partial charge in [0.2, 0.25) is 0 Å². The molecule has 6 nitrogen and oxygen atoms in total. The largest absolute Gasteiger partial charge is 0.370 e. The van der Waals surface area contributed by atoms with Crippen molar-refractivity contribution in [2.24, 2.45) is 5.92 Å². The van der Waals surface area contributed by atoms with E-state index in [1.54, 1.807) is 30.3 Å². The third-order valence-electron chi connectivity index (χ3n) is 3.45. The number of rotatable bonds is 7. The van der Waals surface area contributed by atoms with E-state index in [1.165, 1.54) is 13.3 Å². The van der Waals surface area contributed by atoms with Crippen LogP contribution in [0.5, 0.6) is 0 Å². The van der Waals surface area contributed by atoms with Crippen LogP contribution in [0.15, 0.2) is 36.7 Å². The highest BCUT2D eigenvalue weighted by atomic mass is 16.2. The molecular weight excluding hydrogens is 304 g/mol. The summed E-state index contributed by atoms with van der Waals surface area (Å²) < 4.78 is 0. The molecule has 6 heteroatoms.